The van der Waals surface area contributed by atoms with E-state index in [1.54, 1.807) is 0 Å². The second-order valence-corrected chi connectivity index (χ2v) is 3.94. The first-order chi connectivity index (χ1) is 7.73. The monoisotopic (exact) mass is 307 g/mol. The number of rotatable bonds is 3. The summed E-state index contributed by atoms with van der Waals surface area (Å²) in [7, 11) is 0. The second kappa shape index (κ2) is 6.56. The fourth-order valence-electron chi connectivity index (χ4n) is 1.32. The van der Waals surface area contributed by atoms with Crippen LogP contribution < -0.4 is 5.73 Å². The molecule has 0 aliphatic heterocycles. The van der Waals surface area contributed by atoms with Crippen LogP contribution in [0.1, 0.15) is 18.1 Å². The van der Waals surface area contributed by atoms with E-state index in [0.717, 1.165) is 6.07 Å². The van der Waals surface area contributed by atoms with Crippen molar-refractivity contribution in [3.05, 3.63) is 34.6 Å². The fourth-order valence-corrected chi connectivity index (χ4v) is 1.61. The largest absolute Gasteiger partial charge is 0.403 e. The van der Waals surface area contributed by atoms with Crippen LogP contribution in [-0.4, -0.2) is 17.3 Å². The van der Waals surface area contributed by atoms with Gasteiger partial charge in [-0.25, -0.2) is 4.39 Å². The highest BCUT2D eigenvalue weighted by Gasteiger charge is 2.38. The van der Waals surface area contributed by atoms with Crippen molar-refractivity contribution in [2.75, 3.05) is 0 Å². The summed E-state index contributed by atoms with van der Waals surface area (Å²) in [4.78, 5) is 0. The quantitative estimate of drug-likeness (QED) is 0.842. The topological polar surface area (TPSA) is 46.2 Å². The number of halogens is 6. The standard InChI is InChI=1S/C10H10ClF4NO.ClH/c11-5-2-1-3-6(12)9(5)7(17)4-8(16)10(13,14)15;/h1-3,7-8,17H,4,16H2;1H/t7-,8-;/m1./s1. The summed E-state index contributed by atoms with van der Waals surface area (Å²) in [5.74, 6) is -0.862. The summed E-state index contributed by atoms with van der Waals surface area (Å²) in [6.07, 6.45) is -7.18. The number of nitrogens with two attached hydrogens (primary N) is 1. The molecule has 0 unspecified atom stereocenters. The highest BCUT2D eigenvalue weighted by Crippen LogP contribution is 2.31. The molecular formula is C10H11Cl2F4NO. The Morgan fingerprint density at radius 2 is 1.89 bits per heavy atom. The molecular weight excluding hydrogens is 297 g/mol. The molecule has 0 aliphatic rings. The number of hydrogen-bond donors (Lipinski definition) is 2. The minimum absolute atomic E-state index is 0. The number of benzene rings is 1. The zero-order valence-electron chi connectivity index (χ0n) is 8.92. The van der Waals surface area contributed by atoms with E-state index in [1.807, 2.05) is 0 Å². The molecule has 8 heteroatoms. The van der Waals surface area contributed by atoms with Gasteiger partial charge < -0.3 is 10.8 Å². The van der Waals surface area contributed by atoms with Crippen molar-refractivity contribution in [3.63, 3.8) is 0 Å². The van der Waals surface area contributed by atoms with Gasteiger partial charge in [0.1, 0.15) is 11.9 Å². The van der Waals surface area contributed by atoms with E-state index < -0.39 is 30.6 Å². The molecule has 0 spiro atoms. The van der Waals surface area contributed by atoms with Gasteiger partial charge in [-0.05, 0) is 12.1 Å². The lowest BCUT2D eigenvalue weighted by atomic mass is 10.0. The van der Waals surface area contributed by atoms with Gasteiger partial charge in [-0.1, -0.05) is 17.7 Å². The molecule has 18 heavy (non-hydrogen) atoms. The third kappa shape index (κ3) is 4.28. The Morgan fingerprint density at radius 3 is 2.33 bits per heavy atom. The van der Waals surface area contributed by atoms with Gasteiger partial charge in [-0.3, -0.25) is 0 Å². The maximum atomic E-state index is 13.3. The Kier molecular flexibility index (Phi) is 6.36. The van der Waals surface area contributed by atoms with Gasteiger partial charge >= 0.3 is 6.18 Å². The van der Waals surface area contributed by atoms with Crippen molar-refractivity contribution < 1.29 is 22.7 Å². The van der Waals surface area contributed by atoms with Crippen LogP contribution in [0.25, 0.3) is 0 Å². The minimum Gasteiger partial charge on any atom is -0.388 e. The zero-order valence-corrected chi connectivity index (χ0v) is 10.5. The highest BCUT2D eigenvalue weighted by molar-refractivity contribution is 6.31. The Morgan fingerprint density at radius 1 is 1.33 bits per heavy atom. The summed E-state index contributed by atoms with van der Waals surface area (Å²) in [5, 5.41) is 9.38. The molecule has 0 aliphatic carbocycles. The van der Waals surface area contributed by atoms with Gasteiger partial charge in [0.05, 0.1) is 6.10 Å². The van der Waals surface area contributed by atoms with Crippen LogP contribution in [0.5, 0.6) is 0 Å². The molecule has 0 radical (unpaired) electrons. The van der Waals surface area contributed by atoms with Crippen molar-refractivity contribution in [3.8, 4) is 0 Å². The van der Waals surface area contributed by atoms with E-state index in [2.05, 4.69) is 0 Å². The Balaban J connectivity index is 0.00000289. The van der Waals surface area contributed by atoms with Crippen LogP contribution >= 0.6 is 24.0 Å². The molecule has 1 aromatic carbocycles. The van der Waals surface area contributed by atoms with Crippen LogP contribution in [0.3, 0.4) is 0 Å². The van der Waals surface area contributed by atoms with E-state index in [1.165, 1.54) is 12.1 Å². The molecule has 1 aromatic rings. The molecule has 2 nitrogen and oxygen atoms in total. The van der Waals surface area contributed by atoms with E-state index in [9.17, 15) is 22.7 Å². The van der Waals surface area contributed by atoms with E-state index in [0.29, 0.717) is 0 Å². The van der Waals surface area contributed by atoms with Crippen LogP contribution in [0.15, 0.2) is 18.2 Å². The summed E-state index contributed by atoms with van der Waals surface area (Å²) < 4.78 is 49.8. The third-order valence-corrected chi connectivity index (χ3v) is 2.56. The smallest absolute Gasteiger partial charge is 0.388 e. The van der Waals surface area contributed by atoms with E-state index in [-0.39, 0.29) is 23.0 Å². The molecule has 0 aromatic heterocycles. The Labute approximate surface area is 112 Å². The van der Waals surface area contributed by atoms with Gasteiger partial charge in [-0.15, -0.1) is 12.4 Å². The van der Waals surface area contributed by atoms with Crippen molar-refractivity contribution in [1.82, 2.24) is 0 Å². The molecule has 0 fully saturated rings. The summed E-state index contributed by atoms with van der Waals surface area (Å²) in [6, 6.07) is 1.34. The molecule has 3 N–H and O–H groups in total. The third-order valence-electron chi connectivity index (χ3n) is 2.23. The summed E-state index contributed by atoms with van der Waals surface area (Å²) in [5.41, 5.74) is 4.47. The number of alkyl halides is 3. The van der Waals surface area contributed by atoms with Crippen LogP contribution in [-0.2, 0) is 0 Å². The molecule has 0 saturated heterocycles. The minimum atomic E-state index is -4.64. The van der Waals surface area contributed by atoms with Gasteiger partial charge in [0.25, 0.3) is 0 Å². The summed E-state index contributed by atoms with van der Waals surface area (Å²) >= 11 is 5.60. The molecule has 0 saturated carbocycles. The SMILES string of the molecule is Cl.N[C@H](C[C@@H](O)c1c(F)cccc1Cl)C(F)(F)F. The Bertz CT molecular complexity index is 380. The van der Waals surface area contributed by atoms with Gasteiger partial charge in [0.15, 0.2) is 0 Å². The predicted octanol–water partition coefficient (Wildman–Crippen LogP) is 3.21. The van der Waals surface area contributed by atoms with Crippen LogP contribution in [0, 0.1) is 5.82 Å². The van der Waals surface area contributed by atoms with Gasteiger partial charge in [0.2, 0.25) is 0 Å². The fraction of sp³-hybridized carbons (Fsp3) is 0.400. The Hall–Kier alpha value is -0.560. The first-order valence-electron chi connectivity index (χ1n) is 4.67. The molecule has 2 atom stereocenters. The lowest BCUT2D eigenvalue weighted by molar-refractivity contribution is -0.154. The van der Waals surface area contributed by atoms with Crippen LogP contribution in [0.4, 0.5) is 17.6 Å². The van der Waals surface area contributed by atoms with E-state index in [4.69, 9.17) is 17.3 Å². The molecule has 1 rings (SSSR count). The van der Waals surface area contributed by atoms with Crippen molar-refractivity contribution >= 4 is 24.0 Å². The van der Waals surface area contributed by atoms with Gasteiger partial charge in [0, 0.05) is 17.0 Å². The molecule has 0 bridgehead atoms. The molecule has 0 amide bonds. The average Bonchev–Trinajstić information content (AvgIpc) is 2.15. The number of aliphatic hydroxyl groups excluding tert-OH is 1. The molecule has 0 heterocycles. The number of aliphatic hydroxyl groups is 1. The maximum Gasteiger partial charge on any atom is 0.403 e. The average molecular weight is 308 g/mol. The second-order valence-electron chi connectivity index (χ2n) is 3.53. The lowest BCUT2D eigenvalue weighted by Gasteiger charge is -2.20. The number of hydrogen-bond acceptors (Lipinski definition) is 2. The van der Waals surface area contributed by atoms with Crippen molar-refractivity contribution in [1.29, 1.82) is 0 Å². The van der Waals surface area contributed by atoms with E-state index >= 15 is 0 Å². The first kappa shape index (κ1) is 17.4. The van der Waals surface area contributed by atoms with Crippen molar-refractivity contribution in [2.45, 2.75) is 24.7 Å². The zero-order chi connectivity index (χ0) is 13.2. The highest BCUT2D eigenvalue weighted by atomic mass is 35.5. The lowest BCUT2D eigenvalue weighted by Crippen LogP contribution is -2.38. The van der Waals surface area contributed by atoms with Crippen molar-refractivity contribution in [2.24, 2.45) is 5.73 Å². The summed E-state index contributed by atoms with van der Waals surface area (Å²) in [6.45, 7) is 0. The first-order valence-corrected chi connectivity index (χ1v) is 5.05. The predicted molar refractivity (Wildman–Crippen MR) is 62.3 cm³/mol. The van der Waals surface area contributed by atoms with Crippen LogP contribution in [0.2, 0.25) is 5.02 Å². The van der Waals surface area contributed by atoms with Gasteiger partial charge in [-0.2, -0.15) is 13.2 Å². The normalized spacial score (nSPS) is 14.8. The molecule has 104 valence electrons. The maximum absolute atomic E-state index is 13.3.